The van der Waals surface area contributed by atoms with Gasteiger partial charge in [-0.1, -0.05) is 57.2 Å². The summed E-state index contributed by atoms with van der Waals surface area (Å²) >= 11 is 1.12. The molecule has 7 rings (SSSR count). The molecule has 12 nitrogen and oxygen atoms in total. The van der Waals surface area contributed by atoms with Crippen molar-refractivity contribution in [3.63, 3.8) is 0 Å². The molecule has 2 saturated carbocycles. The zero-order valence-corrected chi connectivity index (χ0v) is 32.0. The standard InChI is InChI=1S/C41H48NO11S/c1-22(24-13-8-7-9-14-24)32(52-29-16-10-11-17-42(29)6)37(47)51-25-20-41(49)35(53-36(46)26-15-12-18-54-26)33-39(5,27(43)19-28-40(33,48)21-50-28)34(45)31(44)30(23(25)2)38(41,3)4/h7-18,22,25,27-28,31-33,35,43-44,48-49H,19-21H2,1-6H3/q+1/t22-,25?,27?,28?,31?,32?,33?,35?,39+,40-,41?/m0/s1. The minimum Gasteiger partial charge on any atom is -0.455 e. The van der Waals surface area contributed by atoms with Crippen LogP contribution in [0.5, 0.6) is 5.88 Å². The Balaban J connectivity index is 1.36. The van der Waals surface area contributed by atoms with E-state index in [1.807, 2.05) is 43.3 Å². The molecular formula is C41H48NO11S+. The Labute approximate surface area is 318 Å². The van der Waals surface area contributed by atoms with Crippen molar-refractivity contribution in [2.45, 2.75) is 101 Å². The number of esters is 2. The maximum absolute atomic E-state index is 14.8. The van der Waals surface area contributed by atoms with E-state index >= 15 is 0 Å². The predicted octanol–water partition coefficient (Wildman–Crippen LogP) is 3.20. The molecule has 54 heavy (non-hydrogen) atoms. The first kappa shape index (κ1) is 38.3. The molecule has 0 radical (unpaired) electrons. The van der Waals surface area contributed by atoms with Crippen LogP contribution in [-0.4, -0.2) is 92.6 Å². The number of aliphatic hydroxyl groups excluding tert-OH is 2. The second-order valence-corrected chi connectivity index (χ2v) is 17.0. The molecule has 1 saturated heterocycles. The largest absolute Gasteiger partial charge is 0.455 e. The number of thiophene rings is 1. The lowest BCUT2D eigenvalue weighted by atomic mass is 9.45. The van der Waals surface area contributed by atoms with Gasteiger partial charge in [0, 0.05) is 36.2 Å². The van der Waals surface area contributed by atoms with E-state index in [-0.39, 0.29) is 29.9 Å². The number of rotatable bonds is 8. The van der Waals surface area contributed by atoms with E-state index in [0.717, 1.165) is 16.9 Å². The summed E-state index contributed by atoms with van der Waals surface area (Å²) in [6.07, 6.45) is -7.02. The number of aryl methyl sites for hydroxylation is 1. The van der Waals surface area contributed by atoms with E-state index in [1.165, 1.54) is 6.92 Å². The molecule has 4 N–H and O–H groups in total. The first-order chi connectivity index (χ1) is 25.5. The van der Waals surface area contributed by atoms with Gasteiger partial charge >= 0.3 is 17.8 Å². The van der Waals surface area contributed by atoms with Gasteiger partial charge in [0.15, 0.2) is 12.0 Å². The molecule has 3 aromatic rings. The molecule has 11 atom stereocenters. The van der Waals surface area contributed by atoms with Crippen LogP contribution in [0.1, 0.15) is 68.6 Å². The van der Waals surface area contributed by atoms with Gasteiger partial charge in [0.25, 0.3) is 0 Å². The minimum atomic E-state index is -2.19. The van der Waals surface area contributed by atoms with Gasteiger partial charge in [-0.2, -0.15) is 4.57 Å². The van der Waals surface area contributed by atoms with Crippen molar-refractivity contribution >= 4 is 29.1 Å². The lowest BCUT2D eigenvalue weighted by Gasteiger charge is -2.66. The topological polar surface area (TPSA) is 173 Å². The Morgan fingerprint density at radius 3 is 2.33 bits per heavy atom. The van der Waals surface area contributed by atoms with Crippen molar-refractivity contribution in [2.75, 3.05) is 6.61 Å². The van der Waals surface area contributed by atoms with Crippen LogP contribution in [0.2, 0.25) is 0 Å². The van der Waals surface area contributed by atoms with Crippen LogP contribution in [0, 0.1) is 16.7 Å². The van der Waals surface area contributed by atoms with Crippen LogP contribution in [0.4, 0.5) is 0 Å². The van der Waals surface area contributed by atoms with Crippen LogP contribution < -0.4 is 9.30 Å². The van der Waals surface area contributed by atoms with Gasteiger partial charge in [0.2, 0.25) is 6.10 Å². The molecule has 288 valence electrons. The van der Waals surface area contributed by atoms with E-state index in [1.54, 1.807) is 68.2 Å². The monoisotopic (exact) mass is 762 g/mol. The van der Waals surface area contributed by atoms with Crippen LogP contribution in [-0.2, 0) is 30.8 Å². The van der Waals surface area contributed by atoms with Gasteiger partial charge in [-0.15, -0.1) is 11.3 Å². The third kappa shape index (κ3) is 5.74. The number of pyridine rings is 1. The van der Waals surface area contributed by atoms with E-state index in [4.69, 9.17) is 18.9 Å². The SMILES string of the molecule is CC1=C2C(O)C(=O)[C@]3(C)C(O)CC4OC[C@@]4(O)C3C(OC(=O)c3cccs3)C(O)(CC1OC(=O)C(Oc1cccc[n+]1C)[C@@H](C)c1ccccc1)C2(C)C. The molecule has 1 aliphatic heterocycles. The molecule has 3 fully saturated rings. The summed E-state index contributed by atoms with van der Waals surface area (Å²) in [6, 6.07) is 17.9. The van der Waals surface area contributed by atoms with Gasteiger partial charge in [0.1, 0.15) is 41.4 Å². The summed E-state index contributed by atoms with van der Waals surface area (Å²) in [7, 11) is 1.78. The Morgan fingerprint density at radius 2 is 1.70 bits per heavy atom. The summed E-state index contributed by atoms with van der Waals surface area (Å²) < 4.78 is 26.3. The highest BCUT2D eigenvalue weighted by atomic mass is 32.1. The minimum absolute atomic E-state index is 0.0742. The van der Waals surface area contributed by atoms with Crippen LogP contribution >= 0.6 is 11.3 Å². The van der Waals surface area contributed by atoms with Crippen molar-refractivity contribution in [1.82, 2.24) is 0 Å². The van der Waals surface area contributed by atoms with Crippen molar-refractivity contribution in [3.05, 3.63) is 93.8 Å². The maximum Gasteiger partial charge on any atom is 0.368 e. The van der Waals surface area contributed by atoms with Crippen molar-refractivity contribution in [1.29, 1.82) is 0 Å². The number of benzene rings is 1. The Morgan fingerprint density at radius 1 is 1.00 bits per heavy atom. The molecule has 2 bridgehead atoms. The second kappa shape index (κ2) is 13.6. The van der Waals surface area contributed by atoms with Gasteiger partial charge in [-0.05, 0) is 48.1 Å². The molecule has 3 heterocycles. The number of Topliss-reactive ketones (excluding diaryl/α,β-unsaturated/α-hetero) is 1. The number of hydrogen-bond donors (Lipinski definition) is 4. The number of ketones is 1. The molecule has 0 amide bonds. The van der Waals surface area contributed by atoms with Crippen molar-refractivity contribution in [2.24, 2.45) is 23.8 Å². The molecule has 13 heteroatoms. The smallest absolute Gasteiger partial charge is 0.368 e. The average molecular weight is 763 g/mol. The number of aliphatic hydroxyl groups is 4. The van der Waals surface area contributed by atoms with E-state index < -0.39 is 88.2 Å². The first-order valence-corrected chi connectivity index (χ1v) is 19.1. The Kier molecular flexibility index (Phi) is 9.68. The van der Waals surface area contributed by atoms with Crippen LogP contribution in [0.15, 0.2) is 83.4 Å². The molecule has 3 aliphatic carbocycles. The number of ether oxygens (including phenoxy) is 4. The zero-order chi connectivity index (χ0) is 39.0. The lowest BCUT2D eigenvalue weighted by Crippen LogP contribution is -2.81. The Hall–Kier alpha value is -3.98. The van der Waals surface area contributed by atoms with Gasteiger partial charge in [-0.25, -0.2) is 9.59 Å². The average Bonchev–Trinajstić information content (AvgIpc) is 3.69. The van der Waals surface area contributed by atoms with E-state index in [2.05, 4.69) is 0 Å². The third-order valence-electron chi connectivity index (χ3n) is 12.9. The summed E-state index contributed by atoms with van der Waals surface area (Å²) in [5.41, 5.74) is -6.20. The van der Waals surface area contributed by atoms with E-state index in [0.29, 0.717) is 11.5 Å². The number of fused-ring (bicyclic) bond motifs is 5. The molecule has 0 spiro atoms. The first-order valence-electron chi connectivity index (χ1n) is 18.3. The number of hydrogen-bond acceptors (Lipinski definition) is 12. The van der Waals surface area contributed by atoms with Crippen molar-refractivity contribution < 1.29 is 58.3 Å². The molecular weight excluding hydrogens is 715 g/mol. The quantitative estimate of drug-likeness (QED) is 0.151. The summed E-state index contributed by atoms with van der Waals surface area (Å²) in [6.45, 7) is 7.91. The van der Waals surface area contributed by atoms with Crippen LogP contribution in [0.3, 0.4) is 0 Å². The summed E-state index contributed by atoms with van der Waals surface area (Å²) in [4.78, 5) is 43.3. The highest BCUT2D eigenvalue weighted by molar-refractivity contribution is 7.11. The predicted molar refractivity (Wildman–Crippen MR) is 194 cm³/mol. The van der Waals surface area contributed by atoms with Gasteiger partial charge in [-0.3, -0.25) is 4.79 Å². The zero-order valence-electron chi connectivity index (χ0n) is 31.2. The maximum atomic E-state index is 14.8. The molecule has 2 aromatic heterocycles. The normalized spacial score (nSPS) is 35.3. The summed E-state index contributed by atoms with van der Waals surface area (Å²) in [5, 5.41) is 51.1. The molecule has 4 aliphatic rings. The number of aromatic nitrogens is 1. The Bertz CT molecular complexity index is 1970. The van der Waals surface area contributed by atoms with Gasteiger partial charge in [0.05, 0.1) is 30.3 Å². The van der Waals surface area contributed by atoms with Gasteiger partial charge < -0.3 is 39.4 Å². The number of nitrogens with zero attached hydrogens (tertiary/aromatic N) is 1. The lowest BCUT2D eigenvalue weighted by molar-refractivity contribution is -0.677. The van der Waals surface area contributed by atoms with E-state index in [9.17, 15) is 34.8 Å². The fourth-order valence-electron chi connectivity index (χ4n) is 9.44. The number of carbonyl (C=O) groups excluding carboxylic acids is 3. The molecule has 1 aromatic carbocycles. The fraction of sp³-hybridized carbons (Fsp3) is 0.512. The fourth-order valence-corrected chi connectivity index (χ4v) is 10.0. The van der Waals surface area contributed by atoms with Crippen LogP contribution in [0.25, 0.3) is 0 Å². The highest BCUT2D eigenvalue weighted by Gasteiger charge is 2.76. The number of carbonyl (C=O) groups is 3. The third-order valence-corrected chi connectivity index (χ3v) is 13.7. The summed E-state index contributed by atoms with van der Waals surface area (Å²) in [5.74, 6) is -3.95. The van der Waals surface area contributed by atoms with Crippen molar-refractivity contribution in [3.8, 4) is 5.88 Å². The second-order valence-electron chi connectivity index (χ2n) is 16.0. The highest BCUT2D eigenvalue weighted by Crippen LogP contribution is 2.63. The molecule has 8 unspecified atom stereocenters.